The number of anilines is 1. The molecule has 3 aliphatic rings. The summed E-state index contributed by atoms with van der Waals surface area (Å²) in [7, 11) is 0. The summed E-state index contributed by atoms with van der Waals surface area (Å²) in [6.07, 6.45) is 2.87. The van der Waals surface area contributed by atoms with Gasteiger partial charge in [0, 0.05) is 37.7 Å². The second-order valence-corrected chi connectivity index (χ2v) is 7.61. The van der Waals surface area contributed by atoms with Gasteiger partial charge in [-0.15, -0.1) is 10.2 Å². The fraction of sp³-hybridized carbons (Fsp3) is 0.474. The molecule has 0 spiro atoms. The molecule has 7 nitrogen and oxygen atoms in total. The van der Waals surface area contributed by atoms with E-state index in [4.69, 9.17) is 0 Å². The minimum atomic E-state index is -0.239. The van der Waals surface area contributed by atoms with Gasteiger partial charge >= 0.3 is 0 Å². The molecule has 1 aromatic heterocycles. The lowest BCUT2D eigenvalue weighted by Gasteiger charge is -2.25. The minimum Gasteiger partial charge on any atom is -0.342 e. The maximum atomic E-state index is 12.6. The zero-order valence-corrected chi connectivity index (χ0v) is 14.5. The van der Waals surface area contributed by atoms with E-state index in [1.165, 1.54) is 0 Å². The number of hydrogen-bond acceptors (Lipinski definition) is 4. The van der Waals surface area contributed by atoms with Gasteiger partial charge in [0.15, 0.2) is 0 Å². The summed E-state index contributed by atoms with van der Waals surface area (Å²) >= 11 is 0. The van der Waals surface area contributed by atoms with E-state index in [1.54, 1.807) is 0 Å². The summed E-state index contributed by atoms with van der Waals surface area (Å²) in [6, 6.07) is 9.36. The molecule has 1 saturated carbocycles. The summed E-state index contributed by atoms with van der Waals surface area (Å²) in [6.45, 7) is 2.31. The molecule has 2 amide bonds. The standard InChI is InChI=1S/C19H21N5O2/c25-18(20-15-4-2-1-3-5-15)17-22-21-16-8-13-9-23(19(26)12-6-7-12)10-14(13)11-24(16)17/h1-5,12-14H,6-11H2,(H,20,25)/t13-,14+/m1/s1. The van der Waals surface area contributed by atoms with Crippen molar-refractivity contribution in [3.8, 4) is 0 Å². The summed E-state index contributed by atoms with van der Waals surface area (Å²) < 4.78 is 1.94. The Hall–Kier alpha value is -2.70. The maximum absolute atomic E-state index is 12.6. The van der Waals surface area contributed by atoms with Crippen molar-refractivity contribution in [3.05, 3.63) is 42.0 Å². The summed E-state index contributed by atoms with van der Waals surface area (Å²) in [5.74, 6) is 2.36. The third-order valence-corrected chi connectivity index (χ3v) is 5.74. The highest BCUT2D eigenvalue weighted by molar-refractivity contribution is 6.01. The van der Waals surface area contributed by atoms with E-state index < -0.39 is 0 Å². The zero-order chi connectivity index (χ0) is 17.7. The third kappa shape index (κ3) is 2.67. The number of likely N-dealkylation sites (tertiary alicyclic amines) is 1. The summed E-state index contributed by atoms with van der Waals surface area (Å²) in [4.78, 5) is 27.0. The topological polar surface area (TPSA) is 80.1 Å². The molecule has 26 heavy (non-hydrogen) atoms. The van der Waals surface area contributed by atoms with Crippen molar-refractivity contribution in [1.29, 1.82) is 0 Å². The van der Waals surface area contributed by atoms with Gasteiger partial charge in [-0.1, -0.05) is 18.2 Å². The molecule has 7 heteroatoms. The first-order valence-corrected chi connectivity index (χ1v) is 9.26. The lowest BCUT2D eigenvalue weighted by Crippen LogP contribution is -2.31. The van der Waals surface area contributed by atoms with Gasteiger partial charge in [-0.05, 0) is 36.8 Å². The number of para-hydroxylation sites is 1. The Labute approximate surface area is 151 Å². The van der Waals surface area contributed by atoms with Crippen LogP contribution in [0.15, 0.2) is 30.3 Å². The summed E-state index contributed by atoms with van der Waals surface area (Å²) in [5, 5.41) is 11.3. The van der Waals surface area contributed by atoms with E-state index >= 15 is 0 Å². The summed E-state index contributed by atoms with van der Waals surface area (Å²) in [5.41, 5.74) is 0.741. The van der Waals surface area contributed by atoms with Gasteiger partial charge in [0.1, 0.15) is 5.82 Å². The van der Waals surface area contributed by atoms with Gasteiger partial charge in [-0.25, -0.2) is 0 Å². The minimum absolute atomic E-state index is 0.239. The van der Waals surface area contributed by atoms with E-state index in [0.717, 1.165) is 43.9 Å². The SMILES string of the molecule is O=C(Nc1ccccc1)c1nnc2n1C[C@@H]1CN(C(=O)C3CC3)C[C@H]1C2. The first-order chi connectivity index (χ1) is 12.7. The number of amides is 2. The van der Waals surface area contributed by atoms with Crippen molar-refractivity contribution in [2.45, 2.75) is 25.8 Å². The smallest absolute Gasteiger partial charge is 0.293 e. The fourth-order valence-corrected chi connectivity index (χ4v) is 4.17. The molecule has 0 radical (unpaired) electrons. The molecule has 1 aromatic carbocycles. The number of carbonyl (C=O) groups excluding carboxylic acids is 2. The lowest BCUT2D eigenvalue weighted by molar-refractivity contribution is -0.131. The van der Waals surface area contributed by atoms with Crippen LogP contribution in [0.2, 0.25) is 0 Å². The number of carbonyl (C=O) groups is 2. The zero-order valence-electron chi connectivity index (χ0n) is 14.5. The molecule has 1 aliphatic carbocycles. The highest BCUT2D eigenvalue weighted by atomic mass is 16.2. The lowest BCUT2D eigenvalue weighted by atomic mass is 9.89. The predicted molar refractivity (Wildman–Crippen MR) is 94.4 cm³/mol. The van der Waals surface area contributed by atoms with Gasteiger partial charge in [-0.2, -0.15) is 0 Å². The molecule has 2 aromatic rings. The van der Waals surface area contributed by atoms with Crippen LogP contribution in [0, 0.1) is 17.8 Å². The molecule has 3 heterocycles. The van der Waals surface area contributed by atoms with Crippen LogP contribution < -0.4 is 5.32 Å². The van der Waals surface area contributed by atoms with Crippen LogP contribution in [-0.4, -0.2) is 44.6 Å². The second-order valence-electron chi connectivity index (χ2n) is 7.61. The Balaban J connectivity index is 1.32. The van der Waals surface area contributed by atoms with Crippen LogP contribution in [0.3, 0.4) is 0 Å². The first-order valence-electron chi connectivity index (χ1n) is 9.26. The molecule has 2 atom stereocenters. The highest BCUT2D eigenvalue weighted by Gasteiger charge is 2.43. The largest absolute Gasteiger partial charge is 0.342 e. The van der Waals surface area contributed by atoms with Crippen LogP contribution in [-0.2, 0) is 17.8 Å². The van der Waals surface area contributed by atoms with Crippen molar-refractivity contribution in [3.63, 3.8) is 0 Å². The molecular weight excluding hydrogens is 330 g/mol. The Bertz CT molecular complexity index is 858. The number of aromatic nitrogens is 3. The average molecular weight is 351 g/mol. The van der Waals surface area contributed by atoms with Crippen LogP contribution in [0.4, 0.5) is 5.69 Å². The number of rotatable bonds is 3. The Morgan fingerprint density at radius 3 is 2.54 bits per heavy atom. The van der Waals surface area contributed by atoms with Crippen molar-refractivity contribution in [2.24, 2.45) is 17.8 Å². The number of nitrogens with zero attached hydrogens (tertiary/aromatic N) is 4. The van der Waals surface area contributed by atoms with Crippen molar-refractivity contribution >= 4 is 17.5 Å². The van der Waals surface area contributed by atoms with Gasteiger partial charge < -0.3 is 14.8 Å². The second kappa shape index (κ2) is 5.93. The fourth-order valence-electron chi connectivity index (χ4n) is 4.17. The molecule has 5 rings (SSSR count). The van der Waals surface area contributed by atoms with Gasteiger partial charge in [0.25, 0.3) is 5.91 Å². The van der Waals surface area contributed by atoms with Gasteiger partial charge in [-0.3, -0.25) is 9.59 Å². The van der Waals surface area contributed by atoms with Gasteiger partial charge in [0.2, 0.25) is 11.7 Å². The highest BCUT2D eigenvalue weighted by Crippen LogP contribution is 2.37. The van der Waals surface area contributed by atoms with E-state index in [2.05, 4.69) is 15.5 Å². The van der Waals surface area contributed by atoms with E-state index in [9.17, 15) is 9.59 Å². The average Bonchev–Trinajstić information content (AvgIpc) is 3.29. The normalized spacial score (nSPS) is 24.1. The molecule has 0 unspecified atom stereocenters. The monoisotopic (exact) mass is 351 g/mol. The molecule has 2 aliphatic heterocycles. The number of benzene rings is 1. The molecular formula is C19H21N5O2. The quantitative estimate of drug-likeness (QED) is 0.910. The molecule has 134 valence electrons. The van der Waals surface area contributed by atoms with Crippen molar-refractivity contribution in [1.82, 2.24) is 19.7 Å². The Kier molecular flexibility index (Phi) is 3.55. The van der Waals surface area contributed by atoms with Gasteiger partial charge in [0.05, 0.1) is 0 Å². The molecule has 0 bridgehead atoms. The van der Waals surface area contributed by atoms with Crippen LogP contribution in [0.5, 0.6) is 0 Å². The van der Waals surface area contributed by atoms with E-state index in [1.807, 2.05) is 39.8 Å². The molecule has 1 N–H and O–H groups in total. The first kappa shape index (κ1) is 15.5. The number of nitrogens with one attached hydrogen (secondary N) is 1. The molecule has 2 fully saturated rings. The predicted octanol–water partition coefficient (Wildman–Crippen LogP) is 1.57. The Morgan fingerprint density at radius 2 is 1.77 bits per heavy atom. The molecule has 1 saturated heterocycles. The van der Waals surface area contributed by atoms with Crippen LogP contribution >= 0.6 is 0 Å². The van der Waals surface area contributed by atoms with E-state index in [-0.39, 0.29) is 11.8 Å². The van der Waals surface area contributed by atoms with Crippen LogP contribution in [0.1, 0.15) is 29.3 Å². The number of hydrogen-bond donors (Lipinski definition) is 1. The number of fused-ring (bicyclic) bond motifs is 2. The maximum Gasteiger partial charge on any atom is 0.293 e. The third-order valence-electron chi connectivity index (χ3n) is 5.74. The van der Waals surface area contributed by atoms with E-state index in [0.29, 0.717) is 30.1 Å². The van der Waals surface area contributed by atoms with Crippen LogP contribution in [0.25, 0.3) is 0 Å². The van der Waals surface area contributed by atoms with Crippen molar-refractivity contribution < 1.29 is 9.59 Å². The Morgan fingerprint density at radius 1 is 1.00 bits per heavy atom. The van der Waals surface area contributed by atoms with Crippen molar-refractivity contribution in [2.75, 3.05) is 18.4 Å².